The van der Waals surface area contributed by atoms with Crippen molar-refractivity contribution in [2.45, 2.75) is 32.0 Å². The summed E-state index contributed by atoms with van der Waals surface area (Å²) in [6, 6.07) is 5.75. The molecular weight excluding hydrogens is 327 g/mol. The van der Waals surface area contributed by atoms with Crippen LogP contribution in [0.1, 0.15) is 24.8 Å². The molecular formula is C16H18F3NO4. The molecule has 8 heteroatoms. The van der Waals surface area contributed by atoms with Gasteiger partial charge in [0.05, 0.1) is 5.92 Å². The molecule has 24 heavy (non-hydrogen) atoms. The molecule has 0 radical (unpaired) electrons. The summed E-state index contributed by atoms with van der Waals surface area (Å²) in [7, 11) is 0. The monoisotopic (exact) mass is 345 g/mol. The number of para-hydroxylation sites is 1. The first-order valence-electron chi connectivity index (χ1n) is 7.60. The Balaban J connectivity index is 1.84. The van der Waals surface area contributed by atoms with Gasteiger partial charge >= 0.3 is 12.3 Å². The van der Waals surface area contributed by atoms with Gasteiger partial charge in [-0.2, -0.15) is 0 Å². The van der Waals surface area contributed by atoms with Gasteiger partial charge in [-0.15, -0.1) is 13.2 Å². The first-order chi connectivity index (χ1) is 11.3. The van der Waals surface area contributed by atoms with E-state index in [1.807, 2.05) is 0 Å². The van der Waals surface area contributed by atoms with Crippen LogP contribution in [0.15, 0.2) is 24.3 Å². The number of carbonyl (C=O) groups excluding carboxylic acids is 1. The molecule has 2 atom stereocenters. The number of aliphatic carboxylic acids is 1. The molecule has 0 aliphatic heterocycles. The van der Waals surface area contributed by atoms with Gasteiger partial charge in [-0.25, -0.2) is 0 Å². The summed E-state index contributed by atoms with van der Waals surface area (Å²) in [5.74, 6) is -2.29. The molecule has 2 rings (SSSR count). The van der Waals surface area contributed by atoms with Crippen LogP contribution in [0, 0.1) is 11.8 Å². The van der Waals surface area contributed by atoms with Crippen LogP contribution in [0.3, 0.4) is 0 Å². The molecule has 0 heterocycles. The highest BCUT2D eigenvalue weighted by atomic mass is 19.4. The first kappa shape index (κ1) is 18.1. The third-order valence-electron chi connectivity index (χ3n) is 4.04. The minimum atomic E-state index is -4.77. The van der Waals surface area contributed by atoms with Gasteiger partial charge in [-0.3, -0.25) is 9.59 Å². The van der Waals surface area contributed by atoms with Crippen LogP contribution in [-0.2, 0) is 16.0 Å². The molecule has 2 N–H and O–H groups in total. The van der Waals surface area contributed by atoms with Crippen molar-refractivity contribution in [3.63, 3.8) is 0 Å². The van der Waals surface area contributed by atoms with Crippen LogP contribution in [0.2, 0.25) is 0 Å². The average Bonchev–Trinajstić information content (AvgIpc) is 2.97. The molecule has 1 aliphatic carbocycles. The molecule has 1 saturated carbocycles. The van der Waals surface area contributed by atoms with Crippen LogP contribution in [-0.4, -0.2) is 29.9 Å². The van der Waals surface area contributed by atoms with E-state index in [4.69, 9.17) is 5.11 Å². The molecule has 1 fully saturated rings. The van der Waals surface area contributed by atoms with Gasteiger partial charge in [0.25, 0.3) is 0 Å². The zero-order valence-electron chi connectivity index (χ0n) is 12.8. The van der Waals surface area contributed by atoms with Crippen molar-refractivity contribution < 1.29 is 32.6 Å². The Labute approximate surface area is 136 Å². The van der Waals surface area contributed by atoms with E-state index < -0.39 is 18.2 Å². The van der Waals surface area contributed by atoms with E-state index in [0.717, 1.165) is 0 Å². The van der Waals surface area contributed by atoms with E-state index >= 15 is 0 Å². The smallest absolute Gasteiger partial charge is 0.481 e. The van der Waals surface area contributed by atoms with Crippen LogP contribution in [0.5, 0.6) is 5.75 Å². The van der Waals surface area contributed by atoms with Crippen LogP contribution in [0.4, 0.5) is 13.2 Å². The second-order valence-electron chi connectivity index (χ2n) is 5.74. The predicted molar refractivity (Wildman–Crippen MR) is 78.3 cm³/mol. The molecule has 0 unspecified atom stereocenters. The Morgan fingerprint density at radius 1 is 1.21 bits per heavy atom. The predicted octanol–water partition coefficient (Wildman–Crippen LogP) is 2.74. The number of amides is 1. The van der Waals surface area contributed by atoms with Crippen molar-refractivity contribution in [2.24, 2.45) is 11.8 Å². The molecule has 0 spiro atoms. The normalized spacial score (nSPS) is 20.6. The average molecular weight is 345 g/mol. The molecule has 0 aromatic heterocycles. The van der Waals surface area contributed by atoms with Crippen molar-refractivity contribution in [3.8, 4) is 5.75 Å². The number of carbonyl (C=O) groups is 2. The van der Waals surface area contributed by atoms with Gasteiger partial charge in [0, 0.05) is 12.5 Å². The van der Waals surface area contributed by atoms with Gasteiger partial charge < -0.3 is 15.2 Å². The number of halogens is 3. The minimum Gasteiger partial charge on any atom is -0.481 e. The lowest BCUT2D eigenvalue weighted by atomic mass is 10.0. The summed E-state index contributed by atoms with van der Waals surface area (Å²) in [5.41, 5.74) is 0.338. The van der Waals surface area contributed by atoms with Gasteiger partial charge in [0.2, 0.25) is 5.91 Å². The first-order valence-corrected chi connectivity index (χ1v) is 7.60. The Kier molecular flexibility index (Phi) is 5.69. The second kappa shape index (κ2) is 7.55. The maximum Gasteiger partial charge on any atom is 0.573 e. The summed E-state index contributed by atoms with van der Waals surface area (Å²) >= 11 is 0. The summed E-state index contributed by atoms with van der Waals surface area (Å²) < 4.78 is 41.0. The lowest BCUT2D eigenvalue weighted by Crippen LogP contribution is -2.31. The van der Waals surface area contributed by atoms with Gasteiger partial charge in [-0.1, -0.05) is 18.2 Å². The number of benzene rings is 1. The lowest BCUT2D eigenvalue weighted by molar-refractivity contribution is -0.274. The van der Waals surface area contributed by atoms with E-state index in [1.54, 1.807) is 6.07 Å². The van der Waals surface area contributed by atoms with Gasteiger partial charge in [0.15, 0.2) is 0 Å². The fourth-order valence-corrected chi connectivity index (χ4v) is 2.84. The van der Waals surface area contributed by atoms with E-state index in [-0.39, 0.29) is 30.5 Å². The maximum atomic E-state index is 12.3. The minimum absolute atomic E-state index is 0.158. The standard InChI is InChI=1S/C16H18F3NO4/c17-16(18,19)24-13-4-2-1-3-10(13)7-8-20-14(21)11-5-6-12(9-11)15(22)23/h1-4,11-12H,5-9H2,(H,20,21)(H,22,23)/t11-,12+/m0/s1. The quantitative estimate of drug-likeness (QED) is 0.831. The fourth-order valence-electron chi connectivity index (χ4n) is 2.84. The number of hydrogen-bond donors (Lipinski definition) is 2. The van der Waals surface area contributed by atoms with Crippen molar-refractivity contribution in [1.29, 1.82) is 0 Å². The number of carboxylic acids is 1. The zero-order chi connectivity index (χ0) is 17.7. The van der Waals surface area contributed by atoms with E-state index in [2.05, 4.69) is 10.1 Å². The largest absolute Gasteiger partial charge is 0.573 e. The highest BCUT2D eigenvalue weighted by Gasteiger charge is 2.34. The second-order valence-corrected chi connectivity index (χ2v) is 5.74. The number of hydrogen-bond acceptors (Lipinski definition) is 3. The molecule has 0 saturated heterocycles. The number of alkyl halides is 3. The number of rotatable bonds is 6. The Hall–Kier alpha value is -2.25. The lowest BCUT2D eigenvalue weighted by Gasteiger charge is -2.14. The van der Waals surface area contributed by atoms with Crippen molar-refractivity contribution >= 4 is 11.9 Å². The van der Waals surface area contributed by atoms with E-state index in [1.165, 1.54) is 18.2 Å². The summed E-state index contributed by atoms with van der Waals surface area (Å²) in [4.78, 5) is 22.9. The number of carboxylic acid groups (broad SMARTS) is 1. The van der Waals surface area contributed by atoms with Crippen molar-refractivity contribution in [2.75, 3.05) is 6.54 Å². The molecule has 1 aromatic rings. The summed E-state index contributed by atoms with van der Waals surface area (Å²) in [6.07, 6.45) is -3.30. The highest BCUT2D eigenvalue weighted by Crippen LogP contribution is 2.31. The van der Waals surface area contributed by atoms with Gasteiger partial charge in [0.1, 0.15) is 5.75 Å². The Morgan fingerprint density at radius 2 is 1.88 bits per heavy atom. The third-order valence-corrected chi connectivity index (χ3v) is 4.04. The van der Waals surface area contributed by atoms with Crippen LogP contribution < -0.4 is 10.1 Å². The maximum absolute atomic E-state index is 12.3. The van der Waals surface area contributed by atoms with Crippen molar-refractivity contribution in [1.82, 2.24) is 5.32 Å². The summed E-state index contributed by atoms with van der Waals surface area (Å²) in [6.45, 7) is 0.158. The summed E-state index contributed by atoms with van der Waals surface area (Å²) in [5, 5.41) is 11.6. The van der Waals surface area contributed by atoms with Crippen molar-refractivity contribution in [3.05, 3.63) is 29.8 Å². The molecule has 1 aromatic carbocycles. The van der Waals surface area contributed by atoms with E-state index in [0.29, 0.717) is 24.8 Å². The molecule has 1 amide bonds. The van der Waals surface area contributed by atoms with Crippen LogP contribution >= 0.6 is 0 Å². The number of ether oxygens (including phenoxy) is 1. The van der Waals surface area contributed by atoms with Gasteiger partial charge in [-0.05, 0) is 37.3 Å². The molecule has 132 valence electrons. The number of nitrogens with one attached hydrogen (secondary N) is 1. The zero-order valence-corrected chi connectivity index (χ0v) is 12.8. The van der Waals surface area contributed by atoms with Crippen LogP contribution in [0.25, 0.3) is 0 Å². The molecule has 1 aliphatic rings. The van der Waals surface area contributed by atoms with E-state index in [9.17, 15) is 22.8 Å². The third kappa shape index (κ3) is 5.14. The topological polar surface area (TPSA) is 75.6 Å². The Bertz CT molecular complexity index is 603. The Morgan fingerprint density at radius 3 is 2.50 bits per heavy atom. The highest BCUT2D eigenvalue weighted by molar-refractivity contribution is 5.80. The fraction of sp³-hybridized carbons (Fsp3) is 0.500. The molecule has 0 bridgehead atoms. The molecule has 5 nitrogen and oxygen atoms in total. The SMILES string of the molecule is O=C(O)[C@@H]1CC[C@H](C(=O)NCCc2ccccc2OC(F)(F)F)C1.